The fourth-order valence-corrected chi connectivity index (χ4v) is 2.48. The summed E-state index contributed by atoms with van der Waals surface area (Å²) in [5.41, 5.74) is 0.999. The second-order valence-corrected chi connectivity index (χ2v) is 5.54. The van der Waals surface area contributed by atoms with Crippen molar-refractivity contribution in [1.29, 1.82) is 0 Å². The van der Waals surface area contributed by atoms with Crippen molar-refractivity contribution in [3.63, 3.8) is 0 Å². The maximum atomic E-state index is 6.00. The Bertz CT molecular complexity index is 710. The zero-order valence-corrected chi connectivity index (χ0v) is 14.1. The summed E-state index contributed by atoms with van der Waals surface area (Å²) in [5, 5.41) is 4.10. The predicted molar refractivity (Wildman–Crippen MR) is 87.7 cm³/mol. The van der Waals surface area contributed by atoms with Gasteiger partial charge in [0.15, 0.2) is 0 Å². The molecule has 2 heterocycles. The van der Waals surface area contributed by atoms with E-state index in [0.717, 1.165) is 43.1 Å². The number of aromatic nitrogens is 2. The van der Waals surface area contributed by atoms with Gasteiger partial charge in [0.05, 0.1) is 12.9 Å². The third-order valence-corrected chi connectivity index (χ3v) is 3.63. The van der Waals surface area contributed by atoms with Crippen LogP contribution in [0.5, 0.6) is 0 Å². The molecule has 0 bridgehead atoms. The lowest BCUT2D eigenvalue weighted by Gasteiger charge is -2.04. The van der Waals surface area contributed by atoms with Crippen LogP contribution in [0.1, 0.15) is 12.2 Å². The van der Waals surface area contributed by atoms with Crippen molar-refractivity contribution in [2.75, 3.05) is 6.54 Å². The molecule has 0 spiro atoms. The standard InChI is InChI=1S/C17H18ClN3O.ClH/c18-15-4-1-3-14(11-15)17-6-5-16(22-17)12-19-7-2-9-21-10-8-20-13-21;/h1,3-6,8,10-11,13,19H,2,7,9,12H2;1H/p-1. The number of nitrogens with one attached hydrogen (secondary N) is 1. The molecule has 3 aromatic rings. The molecule has 122 valence electrons. The summed E-state index contributed by atoms with van der Waals surface area (Å²) in [6, 6.07) is 11.7. The highest BCUT2D eigenvalue weighted by atomic mass is 35.5. The van der Waals surface area contributed by atoms with E-state index in [0.29, 0.717) is 5.02 Å². The molecule has 0 aliphatic rings. The van der Waals surface area contributed by atoms with E-state index in [-0.39, 0.29) is 12.4 Å². The van der Waals surface area contributed by atoms with Gasteiger partial charge in [-0.3, -0.25) is 0 Å². The third-order valence-electron chi connectivity index (χ3n) is 3.40. The number of rotatable bonds is 7. The van der Waals surface area contributed by atoms with Gasteiger partial charge < -0.3 is 26.7 Å². The molecule has 0 aliphatic heterocycles. The number of benzene rings is 1. The van der Waals surface area contributed by atoms with Gasteiger partial charge in [-0.2, -0.15) is 0 Å². The van der Waals surface area contributed by atoms with Crippen molar-refractivity contribution in [2.45, 2.75) is 19.5 Å². The van der Waals surface area contributed by atoms with Gasteiger partial charge in [-0.25, -0.2) is 4.98 Å². The van der Waals surface area contributed by atoms with Crippen molar-refractivity contribution in [3.05, 3.63) is 65.9 Å². The molecule has 0 saturated heterocycles. The fourth-order valence-electron chi connectivity index (χ4n) is 2.29. The summed E-state index contributed by atoms with van der Waals surface area (Å²) in [6.07, 6.45) is 6.67. The van der Waals surface area contributed by atoms with Crippen LogP contribution in [-0.4, -0.2) is 16.1 Å². The minimum absolute atomic E-state index is 0. The first-order valence-corrected chi connectivity index (χ1v) is 7.70. The molecular formula is C17H18Cl2N3O-. The molecule has 0 amide bonds. The summed E-state index contributed by atoms with van der Waals surface area (Å²) >= 11 is 6.00. The lowest BCUT2D eigenvalue weighted by atomic mass is 10.2. The van der Waals surface area contributed by atoms with E-state index in [2.05, 4.69) is 14.9 Å². The van der Waals surface area contributed by atoms with E-state index in [1.165, 1.54) is 0 Å². The van der Waals surface area contributed by atoms with Crippen LogP contribution in [-0.2, 0) is 13.1 Å². The Balaban J connectivity index is 0.00000192. The molecule has 4 nitrogen and oxygen atoms in total. The topological polar surface area (TPSA) is 43.0 Å². The number of hydrogen-bond donors (Lipinski definition) is 1. The van der Waals surface area contributed by atoms with E-state index >= 15 is 0 Å². The first-order valence-electron chi connectivity index (χ1n) is 7.32. The average Bonchev–Trinajstić information content (AvgIpc) is 3.18. The molecule has 6 heteroatoms. The van der Waals surface area contributed by atoms with Crippen LogP contribution in [0.4, 0.5) is 0 Å². The minimum atomic E-state index is 0. The van der Waals surface area contributed by atoms with Crippen LogP contribution in [0.15, 0.2) is 59.5 Å². The molecule has 3 rings (SSSR count). The summed E-state index contributed by atoms with van der Waals surface area (Å²) in [7, 11) is 0. The molecule has 23 heavy (non-hydrogen) atoms. The Morgan fingerprint density at radius 2 is 2.13 bits per heavy atom. The summed E-state index contributed by atoms with van der Waals surface area (Å²) in [5.74, 6) is 1.77. The first kappa shape index (κ1) is 17.6. The molecule has 0 radical (unpaired) electrons. The molecule has 0 unspecified atom stereocenters. The first-order chi connectivity index (χ1) is 10.8. The second kappa shape index (κ2) is 8.77. The molecule has 1 aromatic carbocycles. The SMILES string of the molecule is Clc1cccc(-c2ccc(CNCCCn3ccnc3)o2)c1.[Cl-]. The van der Waals surface area contributed by atoms with E-state index < -0.39 is 0 Å². The zero-order valence-electron chi connectivity index (χ0n) is 12.6. The lowest BCUT2D eigenvalue weighted by molar-refractivity contribution is -0.00000500. The molecule has 0 saturated carbocycles. The zero-order chi connectivity index (χ0) is 15.2. The Kier molecular flexibility index (Phi) is 6.71. The van der Waals surface area contributed by atoms with E-state index in [1.54, 1.807) is 6.20 Å². The molecule has 0 aliphatic carbocycles. The van der Waals surface area contributed by atoms with Crippen molar-refractivity contribution >= 4 is 11.6 Å². The minimum Gasteiger partial charge on any atom is -1.00 e. The fraction of sp³-hybridized carbons (Fsp3) is 0.235. The van der Waals surface area contributed by atoms with Crippen molar-refractivity contribution < 1.29 is 16.8 Å². The predicted octanol–water partition coefficient (Wildman–Crippen LogP) is 0.980. The molecule has 0 atom stereocenters. The Morgan fingerprint density at radius 1 is 1.22 bits per heavy atom. The Labute approximate surface area is 146 Å². The Hall–Kier alpha value is -1.75. The van der Waals surface area contributed by atoms with Crippen LogP contribution in [0.3, 0.4) is 0 Å². The second-order valence-electron chi connectivity index (χ2n) is 5.11. The van der Waals surface area contributed by atoms with Gasteiger partial charge in [0.2, 0.25) is 0 Å². The van der Waals surface area contributed by atoms with Gasteiger partial charge in [0.25, 0.3) is 0 Å². The quantitative estimate of drug-likeness (QED) is 0.646. The summed E-state index contributed by atoms with van der Waals surface area (Å²) in [6.45, 7) is 2.63. The summed E-state index contributed by atoms with van der Waals surface area (Å²) < 4.78 is 7.92. The van der Waals surface area contributed by atoms with Crippen LogP contribution < -0.4 is 17.7 Å². The maximum Gasteiger partial charge on any atom is 0.134 e. The largest absolute Gasteiger partial charge is 1.00 e. The van der Waals surface area contributed by atoms with Gasteiger partial charge in [-0.1, -0.05) is 23.7 Å². The molecule has 1 N–H and O–H groups in total. The average molecular weight is 351 g/mol. The van der Waals surface area contributed by atoms with E-state index in [1.807, 2.05) is 48.9 Å². The van der Waals surface area contributed by atoms with Crippen LogP contribution in [0.25, 0.3) is 11.3 Å². The van der Waals surface area contributed by atoms with Crippen molar-refractivity contribution in [2.24, 2.45) is 0 Å². The van der Waals surface area contributed by atoms with Gasteiger partial charge in [-0.15, -0.1) is 0 Å². The number of hydrogen-bond acceptors (Lipinski definition) is 3. The normalized spacial score (nSPS) is 10.5. The molecular weight excluding hydrogens is 333 g/mol. The third kappa shape index (κ3) is 5.13. The maximum absolute atomic E-state index is 6.00. The highest BCUT2D eigenvalue weighted by molar-refractivity contribution is 6.30. The highest BCUT2D eigenvalue weighted by Gasteiger charge is 2.05. The number of imidazole rings is 1. The van der Waals surface area contributed by atoms with Gasteiger partial charge in [-0.05, 0) is 37.2 Å². The van der Waals surface area contributed by atoms with Gasteiger partial charge >= 0.3 is 0 Å². The van der Waals surface area contributed by atoms with Gasteiger partial charge in [0.1, 0.15) is 11.5 Å². The van der Waals surface area contributed by atoms with Crippen LogP contribution in [0.2, 0.25) is 5.02 Å². The smallest absolute Gasteiger partial charge is 0.134 e. The monoisotopic (exact) mass is 350 g/mol. The molecule has 2 aromatic heterocycles. The van der Waals surface area contributed by atoms with Gasteiger partial charge in [0, 0.05) is 29.5 Å². The lowest BCUT2D eigenvalue weighted by Crippen LogP contribution is -3.00. The van der Waals surface area contributed by atoms with Crippen LogP contribution in [0, 0.1) is 0 Å². The van der Waals surface area contributed by atoms with Crippen molar-refractivity contribution in [1.82, 2.24) is 14.9 Å². The van der Waals surface area contributed by atoms with Crippen molar-refractivity contribution in [3.8, 4) is 11.3 Å². The number of furan rings is 1. The molecule has 0 fully saturated rings. The highest BCUT2D eigenvalue weighted by Crippen LogP contribution is 2.24. The Morgan fingerprint density at radius 3 is 2.91 bits per heavy atom. The number of halogens is 2. The number of nitrogens with zero attached hydrogens (tertiary/aromatic N) is 2. The number of aryl methyl sites for hydroxylation is 1. The van der Waals surface area contributed by atoms with E-state index in [9.17, 15) is 0 Å². The van der Waals surface area contributed by atoms with Crippen LogP contribution >= 0.6 is 11.6 Å². The van der Waals surface area contributed by atoms with E-state index in [4.69, 9.17) is 16.0 Å². The summed E-state index contributed by atoms with van der Waals surface area (Å²) in [4.78, 5) is 4.02.